The van der Waals surface area contributed by atoms with E-state index in [0.29, 0.717) is 18.1 Å². The predicted molar refractivity (Wildman–Crippen MR) is 91.2 cm³/mol. The van der Waals surface area contributed by atoms with Crippen molar-refractivity contribution in [3.05, 3.63) is 50.8 Å². The van der Waals surface area contributed by atoms with Gasteiger partial charge in [-0.05, 0) is 57.0 Å². The van der Waals surface area contributed by atoms with Crippen LogP contribution in [-0.2, 0) is 16.6 Å². The molecule has 1 N–H and O–H groups in total. The molecule has 0 aliphatic heterocycles. The first kappa shape index (κ1) is 18.3. The van der Waals surface area contributed by atoms with Crippen LogP contribution in [0.15, 0.2) is 44.3 Å². The number of sulfonamides is 1. The number of halogens is 3. The molecule has 0 aliphatic rings. The van der Waals surface area contributed by atoms with Gasteiger partial charge in [-0.2, -0.15) is 0 Å². The first-order valence-electron chi connectivity index (χ1n) is 6.56. The summed E-state index contributed by atoms with van der Waals surface area (Å²) in [5.41, 5.74) is 0.604. The fraction of sp³-hybridized carbons (Fsp3) is 0.214. The molecule has 0 saturated heterocycles. The Kier molecular flexibility index (Phi) is 6.12. The van der Waals surface area contributed by atoms with Gasteiger partial charge in [-0.25, -0.2) is 22.5 Å². The molecule has 0 atom stereocenters. The normalized spacial score (nSPS) is 11.5. The van der Waals surface area contributed by atoms with Crippen molar-refractivity contribution in [1.82, 2.24) is 9.71 Å². The number of rotatable bonds is 6. The fourth-order valence-corrected chi connectivity index (χ4v) is 5.39. The van der Waals surface area contributed by atoms with Crippen molar-refractivity contribution >= 4 is 41.9 Å². The molecule has 124 valence electrons. The Hall–Kier alpha value is -1.03. The molecule has 2 rings (SSSR count). The van der Waals surface area contributed by atoms with Crippen LogP contribution >= 0.6 is 31.9 Å². The molecule has 0 aliphatic carbocycles. The third-order valence-electron chi connectivity index (χ3n) is 2.82. The summed E-state index contributed by atoms with van der Waals surface area (Å²) >= 11 is 6.15. The lowest BCUT2D eigenvalue weighted by molar-refractivity contribution is 0.322. The van der Waals surface area contributed by atoms with Crippen molar-refractivity contribution in [2.45, 2.75) is 18.4 Å². The summed E-state index contributed by atoms with van der Waals surface area (Å²) in [7, 11) is -3.86. The number of hydrogen-bond donors (Lipinski definition) is 1. The van der Waals surface area contributed by atoms with Crippen LogP contribution in [0.25, 0.3) is 0 Å². The van der Waals surface area contributed by atoms with Crippen LogP contribution in [0.2, 0.25) is 0 Å². The van der Waals surface area contributed by atoms with E-state index in [0.717, 1.165) is 12.1 Å². The molecule has 0 spiro atoms. The van der Waals surface area contributed by atoms with Crippen molar-refractivity contribution in [3.63, 3.8) is 0 Å². The van der Waals surface area contributed by atoms with Crippen molar-refractivity contribution < 1.29 is 17.5 Å². The largest absolute Gasteiger partial charge is 0.478 e. The summed E-state index contributed by atoms with van der Waals surface area (Å²) < 4.78 is 46.3. The van der Waals surface area contributed by atoms with Crippen LogP contribution in [0.1, 0.15) is 12.5 Å². The standard InChI is InChI=1S/C14H13Br2FN2O3S/c1-2-22-14-9(4-3-5-18-14)8-19-23(20,21)13-11(15)6-10(17)7-12(13)16/h3-7,19H,2,8H2,1H3. The fourth-order valence-electron chi connectivity index (χ4n) is 1.86. The van der Waals surface area contributed by atoms with Gasteiger partial charge in [-0.3, -0.25) is 0 Å². The zero-order valence-electron chi connectivity index (χ0n) is 12.0. The number of aromatic nitrogens is 1. The lowest BCUT2D eigenvalue weighted by Crippen LogP contribution is -2.24. The number of benzene rings is 1. The molecule has 0 radical (unpaired) electrons. The van der Waals surface area contributed by atoms with E-state index in [1.54, 1.807) is 18.3 Å². The minimum absolute atomic E-state index is 0.00175. The topological polar surface area (TPSA) is 68.3 Å². The molecule has 23 heavy (non-hydrogen) atoms. The van der Waals surface area contributed by atoms with E-state index in [-0.39, 0.29) is 20.4 Å². The SMILES string of the molecule is CCOc1ncccc1CNS(=O)(=O)c1c(Br)cc(F)cc1Br. The quantitative estimate of drug-likeness (QED) is 0.704. The Bertz CT molecular complexity index is 792. The smallest absolute Gasteiger partial charge is 0.243 e. The van der Waals surface area contributed by atoms with Gasteiger partial charge in [0.05, 0.1) is 6.61 Å². The lowest BCUT2D eigenvalue weighted by Gasteiger charge is -2.12. The van der Waals surface area contributed by atoms with Gasteiger partial charge in [0.15, 0.2) is 0 Å². The molecular weight excluding hydrogens is 455 g/mol. The molecule has 0 fully saturated rings. The molecule has 5 nitrogen and oxygen atoms in total. The molecule has 1 aromatic heterocycles. The Morgan fingerprint density at radius 1 is 1.30 bits per heavy atom. The molecule has 0 amide bonds. The Morgan fingerprint density at radius 2 is 1.96 bits per heavy atom. The van der Waals surface area contributed by atoms with E-state index in [9.17, 15) is 12.8 Å². The molecule has 9 heteroatoms. The van der Waals surface area contributed by atoms with Crippen LogP contribution in [0.5, 0.6) is 5.88 Å². The first-order chi connectivity index (χ1) is 10.8. The average molecular weight is 468 g/mol. The second-order valence-electron chi connectivity index (χ2n) is 4.42. The highest BCUT2D eigenvalue weighted by Crippen LogP contribution is 2.31. The summed E-state index contributed by atoms with van der Waals surface area (Å²) in [5.74, 6) is -0.177. The third-order valence-corrected chi connectivity index (χ3v) is 6.09. The second kappa shape index (κ2) is 7.69. The Labute approximate surface area is 150 Å². The van der Waals surface area contributed by atoms with E-state index in [1.165, 1.54) is 0 Å². The van der Waals surface area contributed by atoms with E-state index < -0.39 is 15.8 Å². The lowest BCUT2D eigenvalue weighted by atomic mass is 10.3. The molecular formula is C14H13Br2FN2O3S. The molecule has 1 aromatic carbocycles. The monoisotopic (exact) mass is 466 g/mol. The van der Waals surface area contributed by atoms with Crippen molar-refractivity contribution in [2.75, 3.05) is 6.61 Å². The molecule has 2 aromatic rings. The van der Waals surface area contributed by atoms with Gasteiger partial charge in [0.1, 0.15) is 10.7 Å². The molecule has 0 bridgehead atoms. The van der Waals surface area contributed by atoms with E-state index in [4.69, 9.17) is 4.74 Å². The Morgan fingerprint density at radius 3 is 2.57 bits per heavy atom. The summed E-state index contributed by atoms with van der Waals surface area (Å²) in [6.45, 7) is 2.24. The van der Waals surface area contributed by atoms with Gasteiger partial charge in [0.25, 0.3) is 0 Å². The number of nitrogens with one attached hydrogen (secondary N) is 1. The van der Waals surface area contributed by atoms with Gasteiger partial charge < -0.3 is 4.74 Å². The number of ether oxygens (including phenoxy) is 1. The van der Waals surface area contributed by atoms with Gasteiger partial charge in [-0.15, -0.1) is 0 Å². The maximum atomic E-state index is 13.3. The van der Waals surface area contributed by atoms with Crippen LogP contribution in [0.4, 0.5) is 4.39 Å². The summed E-state index contributed by atoms with van der Waals surface area (Å²) in [4.78, 5) is 3.99. The van der Waals surface area contributed by atoms with E-state index in [1.807, 2.05) is 6.92 Å². The number of hydrogen-bond acceptors (Lipinski definition) is 4. The first-order valence-corrected chi connectivity index (χ1v) is 9.63. The second-order valence-corrected chi connectivity index (χ2v) is 7.84. The maximum Gasteiger partial charge on any atom is 0.243 e. The van der Waals surface area contributed by atoms with Crippen molar-refractivity contribution in [3.8, 4) is 5.88 Å². The van der Waals surface area contributed by atoms with E-state index in [2.05, 4.69) is 41.6 Å². The van der Waals surface area contributed by atoms with Gasteiger partial charge in [0.2, 0.25) is 15.9 Å². The Balaban J connectivity index is 2.27. The summed E-state index contributed by atoms with van der Waals surface area (Å²) in [6.07, 6.45) is 1.57. The zero-order valence-corrected chi connectivity index (χ0v) is 16.0. The molecule has 0 saturated carbocycles. The van der Waals surface area contributed by atoms with Gasteiger partial charge >= 0.3 is 0 Å². The predicted octanol–water partition coefficient (Wildman–Crippen LogP) is 3.62. The van der Waals surface area contributed by atoms with Crippen LogP contribution in [-0.4, -0.2) is 20.0 Å². The van der Waals surface area contributed by atoms with Crippen LogP contribution in [0.3, 0.4) is 0 Å². The highest BCUT2D eigenvalue weighted by atomic mass is 79.9. The third kappa shape index (κ3) is 4.50. The number of pyridine rings is 1. The number of nitrogens with zero attached hydrogens (tertiary/aromatic N) is 1. The minimum atomic E-state index is -3.86. The minimum Gasteiger partial charge on any atom is -0.478 e. The maximum absolute atomic E-state index is 13.3. The average Bonchev–Trinajstić information content (AvgIpc) is 2.45. The van der Waals surface area contributed by atoms with E-state index >= 15 is 0 Å². The molecule has 1 heterocycles. The summed E-state index contributed by atoms with van der Waals surface area (Å²) in [5, 5.41) is 0. The highest BCUT2D eigenvalue weighted by molar-refractivity contribution is 9.11. The van der Waals surface area contributed by atoms with Gasteiger partial charge in [0, 0.05) is 27.3 Å². The molecule has 0 unspecified atom stereocenters. The van der Waals surface area contributed by atoms with Crippen molar-refractivity contribution in [2.24, 2.45) is 0 Å². The highest BCUT2D eigenvalue weighted by Gasteiger charge is 2.22. The van der Waals surface area contributed by atoms with Crippen molar-refractivity contribution in [1.29, 1.82) is 0 Å². The van der Waals surface area contributed by atoms with Crippen LogP contribution in [0, 0.1) is 5.82 Å². The van der Waals surface area contributed by atoms with Crippen LogP contribution < -0.4 is 9.46 Å². The van der Waals surface area contributed by atoms with Gasteiger partial charge in [-0.1, -0.05) is 6.07 Å². The zero-order chi connectivity index (χ0) is 17.0. The summed E-state index contributed by atoms with van der Waals surface area (Å²) in [6, 6.07) is 5.59.